The summed E-state index contributed by atoms with van der Waals surface area (Å²) in [5, 5.41) is 9.82. The highest BCUT2D eigenvalue weighted by atomic mass is 16.5. The molecule has 0 saturated carbocycles. The van der Waals surface area contributed by atoms with Gasteiger partial charge in [-0.1, -0.05) is 23.8 Å². The van der Waals surface area contributed by atoms with Crippen LogP contribution in [0.25, 0.3) is 0 Å². The molecule has 1 aliphatic rings. The van der Waals surface area contributed by atoms with E-state index in [-0.39, 0.29) is 6.04 Å². The zero-order valence-electron chi connectivity index (χ0n) is 17.7. The van der Waals surface area contributed by atoms with Crippen LogP contribution in [0.3, 0.4) is 0 Å². The quantitative estimate of drug-likeness (QED) is 0.760. The number of carboxylic acids is 1. The van der Waals surface area contributed by atoms with Crippen LogP contribution in [0.2, 0.25) is 0 Å². The largest absolute Gasteiger partial charge is 0.493 e. The molecule has 0 spiro atoms. The van der Waals surface area contributed by atoms with Crippen molar-refractivity contribution in [3.63, 3.8) is 0 Å². The van der Waals surface area contributed by atoms with Gasteiger partial charge in [0.25, 0.3) is 0 Å². The Hall–Kier alpha value is -2.73. The van der Waals surface area contributed by atoms with Crippen LogP contribution in [0.15, 0.2) is 30.3 Å². The molecule has 3 rings (SSSR count). The first-order valence-electron chi connectivity index (χ1n) is 9.76. The predicted octanol–water partition coefficient (Wildman–Crippen LogP) is 3.97. The minimum atomic E-state index is -0.787. The highest BCUT2D eigenvalue weighted by molar-refractivity contribution is 5.74. The van der Waals surface area contributed by atoms with Crippen molar-refractivity contribution in [2.75, 3.05) is 27.9 Å². The number of hydrogen-bond donors (Lipinski definition) is 1. The molecule has 2 atom stereocenters. The summed E-state index contributed by atoms with van der Waals surface area (Å²) in [7, 11) is 4.75. The summed E-state index contributed by atoms with van der Waals surface area (Å²) in [4.78, 5) is 14.0. The molecule has 0 aliphatic carbocycles. The monoisotopic (exact) mass is 399 g/mol. The van der Waals surface area contributed by atoms with Gasteiger partial charge in [0.2, 0.25) is 5.75 Å². The van der Waals surface area contributed by atoms with E-state index in [4.69, 9.17) is 14.2 Å². The topological polar surface area (TPSA) is 68.2 Å². The zero-order chi connectivity index (χ0) is 21.1. The summed E-state index contributed by atoms with van der Waals surface area (Å²) in [6, 6.07) is 9.38. The number of rotatable bonds is 7. The van der Waals surface area contributed by atoms with E-state index in [2.05, 4.69) is 30.0 Å². The van der Waals surface area contributed by atoms with Gasteiger partial charge in [0, 0.05) is 6.54 Å². The van der Waals surface area contributed by atoms with Crippen molar-refractivity contribution in [2.45, 2.75) is 38.8 Å². The highest BCUT2D eigenvalue weighted by Crippen LogP contribution is 2.44. The van der Waals surface area contributed by atoms with Crippen molar-refractivity contribution in [3.05, 3.63) is 52.6 Å². The fourth-order valence-corrected chi connectivity index (χ4v) is 4.23. The molecular formula is C23H29NO5. The number of likely N-dealkylation sites (tertiary alicyclic amines) is 1. The summed E-state index contributed by atoms with van der Waals surface area (Å²) >= 11 is 0. The van der Waals surface area contributed by atoms with E-state index in [0.717, 1.165) is 28.7 Å². The molecule has 156 valence electrons. The lowest BCUT2D eigenvalue weighted by Gasteiger charge is -2.33. The number of ether oxygens (including phenoxy) is 3. The second-order valence-electron chi connectivity index (χ2n) is 7.46. The minimum absolute atomic E-state index is 0.229. The molecule has 6 nitrogen and oxygen atoms in total. The Labute approximate surface area is 172 Å². The molecule has 1 N–H and O–H groups in total. The molecule has 1 saturated heterocycles. The maximum Gasteiger partial charge on any atom is 0.320 e. The molecule has 0 amide bonds. The van der Waals surface area contributed by atoms with Crippen LogP contribution in [0.4, 0.5) is 0 Å². The van der Waals surface area contributed by atoms with Gasteiger partial charge in [-0.15, -0.1) is 0 Å². The van der Waals surface area contributed by atoms with Crippen LogP contribution in [0, 0.1) is 13.8 Å². The Morgan fingerprint density at radius 2 is 1.72 bits per heavy atom. The second kappa shape index (κ2) is 8.74. The average molecular weight is 399 g/mol. The lowest BCUT2D eigenvalue weighted by atomic mass is 9.91. The van der Waals surface area contributed by atoms with Gasteiger partial charge in [0.1, 0.15) is 6.04 Å². The third-order valence-electron chi connectivity index (χ3n) is 5.64. The van der Waals surface area contributed by atoms with Crippen LogP contribution in [-0.4, -0.2) is 49.9 Å². The number of carbonyl (C=O) groups is 1. The normalized spacial score (nSPS) is 17.8. The van der Waals surface area contributed by atoms with E-state index in [1.165, 1.54) is 0 Å². The lowest BCUT2D eigenvalue weighted by molar-refractivity contribution is -0.142. The molecule has 29 heavy (non-hydrogen) atoms. The van der Waals surface area contributed by atoms with Crippen molar-refractivity contribution < 1.29 is 24.1 Å². The van der Waals surface area contributed by atoms with E-state index in [1.54, 1.807) is 21.3 Å². The van der Waals surface area contributed by atoms with E-state index in [1.807, 2.05) is 19.1 Å². The standard InChI is InChI=1S/C23H29NO5/c1-14-8-9-15(2)17(11-14)21(24-10-6-7-18(24)23(25)26)16-12-19(27-3)22(29-5)20(13-16)28-4/h8-9,11-13,18,21H,6-7,10H2,1-5H3,(H,25,26). The maximum atomic E-state index is 12.0. The van der Waals surface area contributed by atoms with Gasteiger partial charge in [-0.25, -0.2) is 0 Å². The molecular weight excluding hydrogens is 370 g/mol. The van der Waals surface area contributed by atoms with Gasteiger partial charge in [0.15, 0.2) is 11.5 Å². The molecule has 1 heterocycles. The van der Waals surface area contributed by atoms with Crippen molar-refractivity contribution >= 4 is 5.97 Å². The summed E-state index contributed by atoms with van der Waals surface area (Å²) in [5.74, 6) is 0.853. The smallest absolute Gasteiger partial charge is 0.320 e. The number of nitrogens with zero attached hydrogens (tertiary/aromatic N) is 1. The lowest BCUT2D eigenvalue weighted by Crippen LogP contribution is -2.39. The average Bonchev–Trinajstić information content (AvgIpc) is 3.19. The van der Waals surface area contributed by atoms with Crippen molar-refractivity contribution in [1.82, 2.24) is 4.90 Å². The number of aliphatic carboxylic acids is 1. The van der Waals surface area contributed by atoms with Crippen molar-refractivity contribution in [2.24, 2.45) is 0 Å². The Morgan fingerprint density at radius 1 is 1.07 bits per heavy atom. The maximum absolute atomic E-state index is 12.0. The molecule has 1 aliphatic heterocycles. The van der Waals surface area contributed by atoms with E-state index in [0.29, 0.717) is 30.2 Å². The van der Waals surface area contributed by atoms with Crippen LogP contribution in [0.1, 0.15) is 41.1 Å². The molecule has 6 heteroatoms. The van der Waals surface area contributed by atoms with Crippen LogP contribution < -0.4 is 14.2 Å². The van der Waals surface area contributed by atoms with E-state index < -0.39 is 12.0 Å². The van der Waals surface area contributed by atoms with Gasteiger partial charge >= 0.3 is 5.97 Å². The molecule has 2 aromatic rings. The van der Waals surface area contributed by atoms with E-state index in [9.17, 15) is 9.90 Å². The Bertz CT molecular complexity index is 870. The molecule has 0 radical (unpaired) electrons. The van der Waals surface area contributed by atoms with E-state index >= 15 is 0 Å². The number of carboxylic acid groups (broad SMARTS) is 1. The fourth-order valence-electron chi connectivity index (χ4n) is 4.23. The summed E-state index contributed by atoms with van der Waals surface area (Å²) in [6.07, 6.45) is 1.49. The first-order valence-corrected chi connectivity index (χ1v) is 9.76. The SMILES string of the molecule is COc1cc(C(c2cc(C)ccc2C)N2CCCC2C(=O)O)cc(OC)c1OC. The fraction of sp³-hybridized carbons (Fsp3) is 0.435. The second-order valence-corrected chi connectivity index (χ2v) is 7.46. The van der Waals surface area contributed by atoms with Crippen molar-refractivity contribution in [1.29, 1.82) is 0 Å². The van der Waals surface area contributed by atoms with Crippen molar-refractivity contribution in [3.8, 4) is 17.2 Å². The highest BCUT2D eigenvalue weighted by Gasteiger charge is 2.38. The molecule has 1 fully saturated rings. The number of benzene rings is 2. The number of aryl methyl sites for hydroxylation is 2. The van der Waals surface area contributed by atoms with Gasteiger partial charge in [0.05, 0.1) is 27.4 Å². The van der Waals surface area contributed by atoms with Gasteiger partial charge < -0.3 is 19.3 Å². The van der Waals surface area contributed by atoms with Gasteiger partial charge in [-0.2, -0.15) is 0 Å². The van der Waals surface area contributed by atoms with Gasteiger partial charge in [-0.3, -0.25) is 9.69 Å². The molecule has 2 unspecified atom stereocenters. The predicted molar refractivity (Wildman–Crippen MR) is 111 cm³/mol. The summed E-state index contributed by atoms with van der Waals surface area (Å²) in [6.45, 7) is 4.82. The summed E-state index contributed by atoms with van der Waals surface area (Å²) < 4.78 is 16.6. The number of hydrogen-bond acceptors (Lipinski definition) is 5. The minimum Gasteiger partial charge on any atom is -0.493 e. The Kier molecular flexibility index (Phi) is 6.33. The van der Waals surface area contributed by atoms with Gasteiger partial charge in [-0.05, 0) is 55.5 Å². The summed E-state index contributed by atoms with van der Waals surface area (Å²) in [5.41, 5.74) is 4.26. The first kappa shape index (κ1) is 21.0. The first-order chi connectivity index (χ1) is 13.9. The molecule has 0 bridgehead atoms. The molecule has 2 aromatic carbocycles. The Morgan fingerprint density at radius 3 is 2.28 bits per heavy atom. The van der Waals surface area contributed by atoms with Crippen LogP contribution in [-0.2, 0) is 4.79 Å². The zero-order valence-corrected chi connectivity index (χ0v) is 17.7. The van der Waals surface area contributed by atoms with Crippen LogP contribution in [0.5, 0.6) is 17.2 Å². The van der Waals surface area contributed by atoms with Crippen LogP contribution >= 0.6 is 0 Å². The third kappa shape index (κ3) is 4.03. The Balaban J connectivity index is 2.23. The third-order valence-corrected chi connectivity index (χ3v) is 5.64. The number of methoxy groups -OCH3 is 3. The molecule has 0 aromatic heterocycles.